The van der Waals surface area contributed by atoms with Crippen molar-refractivity contribution in [1.82, 2.24) is 15.3 Å². The molecule has 2 aromatic rings. The number of ether oxygens (including phenoxy) is 1. The van der Waals surface area contributed by atoms with E-state index < -0.39 is 0 Å². The summed E-state index contributed by atoms with van der Waals surface area (Å²) in [5.74, 6) is 0.781. The van der Waals surface area contributed by atoms with Crippen molar-refractivity contribution >= 4 is 5.69 Å². The summed E-state index contributed by atoms with van der Waals surface area (Å²) in [5, 5.41) is 6.79. The smallest absolute Gasteiger partial charge is 0.160 e. The highest BCUT2D eigenvalue weighted by Crippen LogP contribution is 2.23. The first kappa shape index (κ1) is 15.3. The average molecular weight is 286 g/mol. The number of hydrogen-bond donors (Lipinski definition) is 2. The Morgan fingerprint density at radius 3 is 2.90 bits per heavy atom. The lowest BCUT2D eigenvalue weighted by Gasteiger charge is -2.11. The van der Waals surface area contributed by atoms with Crippen molar-refractivity contribution in [2.45, 2.75) is 19.9 Å². The fraction of sp³-hybridized carbons (Fsp3) is 0.375. The van der Waals surface area contributed by atoms with Crippen LogP contribution in [0.4, 0.5) is 5.69 Å². The highest BCUT2D eigenvalue weighted by atomic mass is 16.5. The number of anilines is 1. The van der Waals surface area contributed by atoms with E-state index in [1.165, 1.54) is 5.56 Å². The molecule has 0 aromatic carbocycles. The van der Waals surface area contributed by atoms with Crippen LogP contribution < -0.4 is 15.4 Å². The predicted molar refractivity (Wildman–Crippen MR) is 84.6 cm³/mol. The first-order valence-electron chi connectivity index (χ1n) is 7.13. The Morgan fingerprint density at radius 2 is 2.14 bits per heavy atom. The van der Waals surface area contributed by atoms with Gasteiger partial charge in [-0.15, -0.1) is 0 Å². The Balaban J connectivity index is 1.67. The minimum Gasteiger partial charge on any atom is -0.493 e. The van der Waals surface area contributed by atoms with Gasteiger partial charge in [0.2, 0.25) is 0 Å². The standard InChI is InChI=1S/C16H22N4O/c1-13-9-15(16(21-2)12-20-13)19-8-4-7-18-11-14-5-3-6-17-10-14/h3,5-6,9-10,12,18H,4,7-8,11H2,1-2H3,(H,19,20). The van der Waals surface area contributed by atoms with E-state index in [0.29, 0.717) is 0 Å². The second-order valence-corrected chi connectivity index (χ2v) is 4.84. The fourth-order valence-electron chi connectivity index (χ4n) is 2.02. The number of pyridine rings is 2. The maximum absolute atomic E-state index is 5.29. The highest BCUT2D eigenvalue weighted by molar-refractivity contribution is 5.55. The van der Waals surface area contributed by atoms with E-state index in [2.05, 4.69) is 26.7 Å². The van der Waals surface area contributed by atoms with Gasteiger partial charge in [-0.3, -0.25) is 9.97 Å². The molecule has 0 amide bonds. The van der Waals surface area contributed by atoms with Crippen molar-refractivity contribution < 1.29 is 4.74 Å². The van der Waals surface area contributed by atoms with Crippen LogP contribution in [0.3, 0.4) is 0 Å². The van der Waals surface area contributed by atoms with Crippen LogP contribution in [0.1, 0.15) is 17.7 Å². The number of methoxy groups -OCH3 is 1. The van der Waals surface area contributed by atoms with Crippen molar-refractivity contribution in [1.29, 1.82) is 0 Å². The Kier molecular flexibility index (Phi) is 5.97. The minimum atomic E-state index is 0.781. The summed E-state index contributed by atoms with van der Waals surface area (Å²) >= 11 is 0. The van der Waals surface area contributed by atoms with Gasteiger partial charge in [0.1, 0.15) is 0 Å². The predicted octanol–water partition coefficient (Wildman–Crippen LogP) is 2.39. The SMILES string of the molecule is COc1cnc(C)cc1NCCCNCc1cccnc1. The number of aryl methyl sites for hydroxylation is 1. The second-order valence-electron chi connectivity index (χ2n) is 4.84. The van der Waals surface area contributed by atoms with E-state index in [1.807, 2.05) is 25.3 Å². The molecule has 0 aliphatic rings. The molecule has 2 N–H and O–H groups in total. The van der Waals surface area contributed by atoms with Gasteiger partial charge in [0, 0.05) is 31.2 Å². The molecule has 0 atom stereocenters. The van der Waals surface area contributed by atoms with Gasteiger partial charge in [-0.1, -0.05) is 6.07 Å². The monoisotopic (exact) mass is 286 g/mol. The van der Waals surface area contributed by atoms with Gasteiger partial charge in [-0.05, 0) is 37.6 Å². The largest absolute Gasteiger partial charge is 0.493 e. The van der Waals surface area contributed by atoms with Crippen LogP contribution in [0.15, 0.2) is 36.8 Å². The summed E-state index contributed by atoms with van der Waals surface area (Å²) in [6.07, 6.45) is 6.45. The van der Waals surface area contributed by atoms with Crippen molar-refractivity contribution in [3.63, 3.8) is 0 Å². The van der Waals surface area contributed by atoms with Crippen molar-refractivity contribution in [3.05, 3.63) is 48.0 Å². The zero-order valence-corrected chi connectivity index (χ0v) is 12.6. The van der Waals surface area contributed by atoms with Gasteiger partial charge >= 0.3 is 0 Å². The molecule has 21 heavy (non-hydrogen) atoms. The molecule has 0 spiro atoms. The molecule has 2 rings (SSSR count). The summed E-state index contributed by atoms with van der Waals surface area (Å²) < 4.78 is 5.29. The molecule has 0 radical (unpaired) electrons. The van der Waals surface area contributed by atoms with E-state index in [0.717, 1.165) is 43.2 Å². The summed E-state index contributed by atoms with van der Waals surface area (Å²) in [5.41, 5.74) is 3.18. The van der Waals surface area contributed by atoms with Crippen LogP contribution >= 0.6 is 0 Å². The quantitative estimate of drug-likeness (QED) is 0.730. The van der Waals surface area contributed by atoms with E-state index in [1.54, 1.807) is 19.5 Å². The first-order chi connectivity index (χ1) is 10.3. The van der Waals surface area contributed by atoms with E-state index in [-0.39, 0.29) is 0 Å². The molecule has 0 aliphatic carbocycles. The Morgan fingerprint density at radius 1 is 1.24 bits per heavy atom. The van der Waals surface area contributed by atoms with Crippen molar-refractivity contribution in [2.75, 3.05) is 25.5 Å². The van der Waals surface area contributed by atoms with Gasteiger partial charge in [0.05, 0.1) is 19.0 Å². The lowest BCUT2D eigenvalue weighted by Crippen LogP contribution is -2.17. The Labute approximate surface area is 125 Å². The summed E-state index contributed by atoms with van der Waals surface area (Å²) in [6.45, 7) is 4.67. The summed E-state index contributed by atoms with van der Waals surface area (Å²) in [6, 6.07) is 6.03. The van der Waals surface area contributed by atoms with E-state index in [9.17, 15) is 0 Å². The van der Waals surface area contributed by atoms with Crippen LogP contribution in [-0.2, 0) is 6.54 Å². The molecule has 2 aromatic heterocycles. The lowest BCUT2D eigenvalue weighted by atomic mass is 10.3. The molecular formula is C16H22N4O. The number of hydrogen-bond acceptors (Lipinski definition) is 5. The Bertz CT molecular complexity index is 545. The van der Waals surface area contributed by atoms with Crippen LogP contribution in [0.5, 0.6) is 5.75 Å². The molecule has 5 heteroatoms. The molecule has 0 bridgehead atoms. The third kappa shape index (κ3) is 5.04. The van der Waals surface area contributed by atoms with Crippen LogP contribution in [0.25, 0.3) is 0 Å². The van der Waals surface area contributed by atoms with Gasteiger partial charge in [-0.25, -0.2) is 0 Å². The zero-order chi connectivity index (χ0) is 14.9. The maximum Gasteiger partial charge on any atom is 0.160 e. The van der Waals surface area contributed by atoms with E-state index >= 15 is 0 Å². The molecule has 0 unspecified atom stereocenters. The lowest BCUT2D eigenvalue weighted by molar-refractivity contribution is 0.414. The van der Waals surface area contributed by atoms with Gasteiger partial charge in [0.25, 0.3) is 0 Å². The number of nitrogens with zero attached hydrogens (tertiary/aromatic N) is 2. The van der Waals surface area contributed by atoms with Gasteiger partial charge in [0.15, 0.2) is 5.75 Å². The topological polar surface area (TPSA) is 59.1 Å². The fourth-order valence-corrected chi connectivity index (χ4v) is 2.02. The average Bonchev–Trinajstić information content (AvgIpc) is 2.52. The molecule has 0 saturated heterocycles. The zero-order valence-electron chi connectivity index (χ0n) is 12.6. The molecule has 5 nitrogen and oxygen atoms in total. The van der Waals surface area contributed by atoms with E-state index in [4.69, 9.17) is 4.74 Å². The summed E-state index contributed by atoms with van der Waals surface area (Å²) in [7, 11) is 1.66. The molecule has 0 saturated carbocycles. The highest BCUT2D eigenvalue weighted by Gasteiger charge is 2.02. The first-order valence-corrected chi connectivity index (χ1v) is 7.13. The van der Waals surface area contributed by atoms with Crippen molar-refractivity contribution in [2.24, 2.45) is 0 Å². The third-order valence-corrected chi connectivity index (χ3v) is 3.12. The number of rotatable bonds is 8. The molecule has 2 heterocycles. The summed E-state index contributed by atoms with van der Waals surface area (Å²) in [4.78, 5) is 8.31. The minimum absolute atomic E-state index is 0.781. The van der Waals surface area contributed by atoms with Crippen LogP contribution in [0, 0.1) is 6.92 Å². The number of aromatic nitrogens is 2. The number of nitrogens with one attached hydrogen (secondary N) is 2. The molecule has 0 aliphatic heterocycles. The van der Waals surface area contributed by atoms with Crippen LogP contribution in [0.2, 0.25) is 0 Å². The molecule has 0 fully saturated rings. The third-order valence-electron chi connectivity index (χ3n) is 3.12. The van der Waals surface area contributed by atoms with Gasteiger partial charge in [-0.2, -0.15) is 0 Å². The Hall–Kier alpha value is -2.14. The normalized spacial score (nSPS) is 10.4. The second kappa shape index (κ2) is 8.21. The maximum atomic E-state index is 5.29. The van der Waals surface area contributed by atoms with Crippen molar-refractivity contribution in [3.8, 4) is 5.75 Å². The molecule has 112 valence electrons. The van der Waals surface area contributed by atoms with Crippen LogP contribution in [-0.4, -0.2) is 30.2 Å². The van der Waals surface area contributed by atoms with Gasteiger partial charge < -0.3 is 15.4 Å². The molecular weight excluding hydrogens is 264 g/mol.